The first-order chi connectivity index (χ1) is 14.6. The molecule has 0 bridgehead atoms. The van der Waals surface area contributed by atoms with Gasteiger partial charge in [0.05, 0.1) is 18.6 Å². The molecule has 0 spiro atoms. The van der Waals surface area contributed by atoms with Crippen LogP contribution in [0.2, 0.25) is 0 Å². The van der Waals surface area contributed by atoms with Gasteiger partial charge in [0.15, 0.2) is 0 Å². The van der Waals surface area contributed by atoms with Crippen LogP contribution in [-0.4, -0.2) is 38.4 Å². The van der Waals surface area contributed by atoms with Crippen LogP contribution in [0.5, 0.6) is 0 Å². The number of halogens is 1. The Labute approximate surface area is 193 Å². The van der Waals surface area contributed by atoms with Crippen LogP contribution in [0.4, 0.5) is 0 Å². The number of sulfonamides is 1. The van der Waals surface area contributed by atoms with Gasteiger partial charge in [-0.1, -0.05) is 47.7 Å². The van der Waals surface area contributed by atoms with Crippen molar-refractivity contribution in [3.8, 4) is 11.8 Å². The highest BCUT2D eigenvalue weighted by molar-refractivity contribution is 9.12. The Hall–Kier alpha value is -2.40. The van der Waals surface area contributed by atoms with Crippen LogP contribution in [0.15, 0.2) is 57.9 Å². The molecule has 0 aromatic heterocycles. The molecule has 0 fully saturated rings. The van der Waals surface area contributed by atoms with E-state index >= 15 is 0 Å². The van der Waals surface area contributed by atoms with E-state index in [4.69, 9.17) is 4.74 Å². The molecule has 2 aromatic carbocycles. The zero-order valence-electron chi connectivity index (χ0n) is 18.3. The lowest BCUT2D eigenvalue weighted by Crippen LogP contribution is -2.39. The van der Waals surface area contributed by atoms with Crippen LogP contribution in [0.1, 0.15) is 29.2 Å². The summed E-state index contributed by atoms with van der Waals surface area (Å²) >= 11 is 3.17. The number of nitrogens with zero attached hydrogens (tertiary/aromatic N) is 1. The zero-order chi connectivity index (χ0) is 23.2. The third kappa shape index (κ3) is 6.30. The number of carbonyl (C=O) groups is 1. The van der Waals surface area contributed by atoms with Gasteiger partial charge in [-0.25, -0.2) is 13.2 Å². The molecule has 7 heteroatoms. The molecular formula is C24H26BrNO4S. The molecule has 164 valence electrons. The summed E-state index contributed by atoms with van der Waals surface area (Å²) in [5, 5.41) is 0. The van der Waals surface area contributed by atoms with E-state index in [9.17, 15) is 13.2 Å². The summed E-state index contributed by atoms with van der Waals surface area (Å²) in [7, 11) is -2.63. The number of hydrogen-bond donors (Lipinski definition) is 0. The molecule has 0 aliphatic carbocycles. The van der Waals surface area contributed by atoms with E-state index in [-0.39, 0.29) is 15.9 Å². The Kier molecular flexibility index (Phi) is 8.63. The number of rotatable bonds is 6. The summed E-state index contributed by atoms with van der Waals surface area (Å²) in [4.78, 5) is 12.1. The summed E-state index contributed by atoms with van der Waals surface area (Å²) in [6, 6.07) is 12.4. The molecule has 0 saturated heterocycles. The molecule has 0 saturated carbocycles. The maximum absolute atomic E-state index is 13.7. The van der Waals surface area contributed by atoms with Crippen LogP contribution in [-0.2, 0) is 19.6 Å². The molecule has 5 nitrogen and oxygen atoms in total. The van der Waals surface area contributed by atoms with Crippen molar-refractivity contribution in [1.29, 1.82) is 0 Å². The number of carbonyl (C=O) groups excluding carboxylic acids is 1. The number of esters is 1. The third-order valence-corrected chi connectivity index (χ3v) is 7.46. The largest absolute Gasteiger partial charge is 0.465 e. The summed E-state index contributed by atoms with van der Waals surface area (Å²) in [5.41, 5.74) is 3.12. The fourth-order valence-electron chi connectivity index (χ4n) is 3.34. The van der Waals surface area contributed by atoms with E-state index in [2.05, 4.69) is 27.8 Å². The van der Waals surface area contributed by atoms with Crippen LogP contribution in [0, 0.1) is 32.6 Å². The first-order valence-electron chi connectivity index (χ1n) is 9.67. The Morgan fingerprint density at radius 1 is 1.16 bits per heavy atom. The summed E-state index contributed by atoms with van der Waals surface area (Å²) in [6.45, 7) is 7.16. The van der Waals surface area contributed by atoms with Gasteiger partial charge in [0.2, 0.25) is 10.0 Å². The SMILES string of the molecule is COC(=O)/C(Br)=C/[C@H](C)N(CC#Cc1ccccc1)S(=O)(=O)c1c(C)cc(C)cc1C. The summed E-state index contributed by atoms with van der Waals surface area (Å²) < 4.78 is 33.5. The standard InChI is InChI=1S/C24H26BrNO4S/c1-17-14-18(2)23(19(3)15-17)31(28,29)26(20(4)16-22(25)24(27)30-5)13-9-12-21-10-7-6-8-11-21/h6-8,10-11,14-16,20H,13H2,1-5H3/b22-16-/t20-/m0/s1. The predicted molar refractivity (Wildman–Crippen MR) is 126 cm³/mol. The average Bonchev–Trinajstić information content (AvgIpc) is 2.69. The minimum atomic E-state index is -3.90. The van der Waals surface area contributed by atoms with Crippen molar-refractivity contribution in [3.05, 3.63) is 75.3 Å². The highest BCUT2D eigenvalue weighted by atomic mass is 79.9. The van der Waals surface area contributed by atoms with Crippen molar-refractivity contribution in [3.63, 3.8) is 0 Å². The minimum absolute atomic E-state index is 0.0386. The Balaban J connectivity index is 2.53. The molecule has 0 radical (unpaired) electrons. The van der Waals surface area contributed by atoms with E-state index in [1.54, 1.807) is 20.8 Å². The lowest BCUT2D eigenvalue weighted by Gasteiger charge is -2.26. The highest BCUT2D eigenvalue weighted by Crippen LogP contribution is 2.27. The van der Waals surface area contributed by atoms with Gasteiger partial charge in [0.25, 0.3) is 0 Å². The van der Waals surface area contributed by atoms with Gasteiger partial charge in [-0.2, -0.15) is 4.31 Å². The number of benzene rings is 2. The van der Waals surface area contributed by atoms with Crippen molar-refractivity contribution in [2.75, 3.05) is 13.7 Å². The maximum atomic E-state index is 13.7. The van der Waals surface area contributed by atoms with E-state index in [1.165, 1.54) is 17.5 Å². The topological polar surface area (TPSA) is 63.7 Å². The van der Waals surface area contributed by atoms with Crippen LogP contribution in [0.3, 0.4) is 0 Å². The second-order valence-electron chi connectivity index (χ2n) is 7.19. The molecule has 0 amide bonds. The van der Waals surface area contributed by atoms with Crippen molar-refractivity contribution >= 4 is 31.9 Å². The molecule has 0 N–H and O–H groups in total. The lowest BCUT2D eigenvalue weighted by atomic mass is 10.1. The molecule has 2 rings (SSSR count). The quantitative estimate of drug-likeness (QED) is 0.330. The molecule has 2 aromatic rings. The molecule has 1 atom stereocenters. The van der Waals surface area contributed by atoms with E-state index in [0.29, 0.717) is 11.1 Å². The molecule has 0 aliphatic rings. The number of methoxy groups -OCH3 is 1. The smallest absolute Gasteiger partial charge is 0.344 e. The first kappa shape index (κ1) is 24.9. The van der Waals surface area contributed by atoms with Gasteiger partial charge >= 0.3 is 5.97 Å². The number of aryl methyl sites for hydroxylation is 3. The minimum Gasteiger partial charge on any atom is -0.465 e. The van der Waals surface area contributed by atoms with E-state index in [0.717, 1.165) is 11.1 Å². The second kappa shape index (κ2) is 10.8. The maximum Gasteiger partial charge on any atom is 0.344 e. The van der Waals surface area contributed by atoms with Gasteiger partial charge in [-0.05, 0) is 73.0 Å². The molecule has 0 unspecified atom stereocenters. The number of hydrogen-bond acceptors (Lipinski definition) is 4. The Morgan fingerprint density at radius 2 is 1.74 bits per heavy atom. The summed E-state index contributed by atoms with van der Waals surface area (Å²) in [6.07, 6.45) is 1.51. The van der Waals surface area contributed by atoms with Crippen molar-refractivity contribution < 1.29 is 17.9 Å². The van der Waals surface area contributed by atoms with Gasteiger partial charge in [0, 0.05) is 11.6 Å². The van der Waals surface area contributed by atoms with Crippen LogP contribution >= 0.6 is 15.9 Å². The van der Waals surface area contributed by atoms with Gasteiger partial charge in [0.1, 0.15) is 4.48 Å². The highest BCUT2D eigenvalue weighted by Gasteiger charge is 2.31. The lowest BCUT2D eigenvalue weighted by molar-refractivity contribution is -0.135. The van der Waals surface area contributed by atoms with E-state index < -0.39 is 22.0 Å². The monoisotopic (exact) mass is 503 g/mol. The third-order valence-electron chi connectivity index (χ3n) is 4.63. The average molecular weight is 504 g/mol. The fraction of sp³-hybridized carbons (Fsp3) is 0.292. The molecule has 0 heterocycles. The van der Waals surface area contributed by atoms with Crippen LogP contribution < -0.4 is 0 Å². The predicted octanol–water partition coefficient (Wildman–Crippen LogP) is 4.49. The first-order valence-corrected chi connectivity index (χ1v) is 11.9. The zero-order valence-corrected chi connectivity index (χ0v) is 20.7. The second-order valence-corrected chi connectivity index (χ2v) is 9.87. The van der Waals surface area contributed by atoms with Gasteiger partial charge < -0.3 is 4.74 Å². The molecular weight excluding hydrogens is 478 g/mol. The van der Waals surface area contributed by atoms with Crippen molar-refractivity contribution in [2.45, 2.75) is 38.6 Å². The number of ether oxygens (including phenoxy) is 1. The Morgan fingerprint density at radius 3 is 2.29 bits per heavy atom. The normalized spacial score (nSPS) is 12.8. The summed E-state index contributed by atoms with van der Waals surface area (Å²) in [5.74, 6) is 5.38. The fourth-order valence-corrected chi connectivity index (χ4v) is 5.78. The van der Waals surface area contributed by atoms with Crippen molar-refractivity contribution in [2.24, 2.45) is 0 Å². The Bertz CT molecular complexity index is 1120. The van der Waals surface area contributed by atoms with Crippen LogP contribution in [0.25, 0.3) is 0 Å². The molecule has 31 heavy (non-hydrogen) atoms. The molecule has 0 aliphatic heterocycles. The van der Waals surface area contributed by atoms with Gasteiger partial charge in [-0.15, -0.1) is 0 Å². The van der Waals surface area contributed by atoms with E-state index in [1.807, 2.05) is 49.4 Å². The van der Waals surface area contributed by atoms with Crippen molar-refractivity contribution in [1.82, 2.24) is 4.31 Å². The van der Waals surface area contributed by atoms with Gasteiger partial charge in [-0.3, -0.25) is 0 Å².